The van der Waals surface area contributed by atoms with E-state index in [-0.39, 0.29) is 28.3 Å². The largest absolute Gasteiger partial charge is 0.494 e. The van der Waals surface area contributed by atoms with Crippen LogP contribution in [0.5, 0.6) is 5.75 Å². The highest BCUT2D eigenvalue weighted by atomic mass is 32.2. The summed E-state index contributed by atoms with van der Waals surface area (Å²) in [6.07, 6.45) is 2.24. The van der Waals surface area contributed by atoms with Gasteiger partial charge in [0.1, 0.15) is 11.3 Å². The molecule has 0 saturated carbocycles. The zero-order valence-corrected chi connectivity index (χ0v) is 21.0. The molecule has 0 N–H and O–H groups in total. The predicted molar refractivity (Wildman–Crippen MR) is 134 cm³/mol. The van der Waals surface area contributed by atoms with Crippen molar-refractivity contribution in [1.29, 1.82) is 0 Å². The fourth-order valence-corrected chi connectivity index (χ4v) is 6.96. The van der Waals surface area contributed by atoms with Crippen molar-refractivity contribution in [3.8, 4) is 5.75 Å². The van der Waals surface area contributed by atoms with Gasteiger partial charge in [-0.2, -0.15) is 0 Å². The Balaban J connectivity index is 1.70. The zero-order valence-electron chi connectivity index (χ0n) is 20.2. The number of amides is 1. The Hall–Kier alpha value is -3.13. The van der Waals surface area contributed by atoms with E-state index in [1.54, 1.807) is 11.0 Å². The Bertz CT molecular complexity index is 1490. The van der Waals surface area contributed by atoms with Crippen LogP contribution in [0.2, 0.25) is 0 Å². The van der Waals surface area contributed by atoms with E-state index < -0.39 is 27.8 Å². The number of nitrogens with zero attached hydrogens (tertiary/aromatic N) is 1. The highest BCUT2D eigenvalue weighted by Gasteiger charge is 2.48. The Morgan fingerprint density at radius 2 is 1.94 bits per heavy atom. The summed E-state index contributed by atoms with van der Waals surface area (Å²) in [5.41, 5.74) is 2.80. The lowest BCUT2D eigenvalue weighted by Crippen LogP contribution is -2.40. The van der Waals surface area contributed by atoms with Gasteiger partial charge in [0.15, 0.2) is 15.3 Å². The molecule has 3 heterocycles. The number of carbonyl (C=O) groups excluding carboxylic acids is 1. The van der Waals surface area contributed by atoms with Gasteiger partial charge in [0, 0.05) is 6.04 Å². The summed E-state index contributed by atoms with van der Waals surface area (Å²) in [4.78, 5) is 29.1. The second-order valence-corrected chi connectivity index (χ2v) is 11.8. The molecule has 0 radical (unpaired) electrons. The van der Waals surface area contributed by atoms with Gasteiger partial charge in [-0.15, -0.1) is 0 Å². The van der Waals surface area contributed by atoms with Crippen LogP contribution in [0, 0.1) is 13.8 Å². The smallest absolute Gasteiger partial charge is 0.291 e. The second-order valence-electron chi connectivity index (χ2n) is 9.58. The highest BCUT2D eigenvalue weighted by molar-refractivity contribution is 7.91. The van der Waals surface area contributed by atoms with Crippen LogP contribution >= 0.6 is 0 Å². The molecule has 0 spiro atoms. The van der Waals surface area contributed by atoms with Gasteiger partial charge in [0.05, 0.1) is 35.1 Å². The first-order valence-corrected chi connectivity index (χ1v) is 13.9. The van der Waals surface area contributed by atoms with Gasteiger partial charge in [-0.1, -0.05) is 31.5 Å². The quantitative estimate of drug-likeness (QED) is 0.473. The van der Waals surface area contributed by atoms with E-state index in [0.717, 1.165) is 24.0 Å². The van der Waals surface area contributed by atoms with Gasteiger partial charge in [-0.05, 0) is 61.6 Å². The summed E-state index contributed by atoms with van der Waals surface area (Å²) in [6.45, 7) is 6.41. The average Bonchev–Trinajstić information content (AvgIpc) is 3.31. The van der Waals surface area contributed by atoms with E-state index >= 15 is 0 Å². The molecule has 2 aliphatic rings. The minimum Gasteiger partial charge on any atom is -0.494 e. The number of ether oxygens (including phenoxy) is 1. The zero-order chi connectivity index (χ0) is 24.9. The molecule has 8 heteroatoms. The molecule has 2 aliphatic heterocycles. The Labute approximate surface area is 204 Å². The van der Waals surface area contributed by atoms with Crippen molar-refractivity contribution in [2.45, 2.75) is 52.1 Å². The molecular formula is C27H29NO6S. The fraction of sp³-hybridized carbons (Fsp3) is 0.407. The van der Waals surface area contributed by atoms with Gasteiger partial charge in [0.2, 0.25) is 5.76 Å². The Kier molecular flexibility index (Phi) is 5.95. The molecule has 184 valence electrons. The third kappa shape index (κ3) is 4.14. The molecule has 1 aromatic heterocycles. The third-order valence-electron chi connectivity index (χ3n) is 6.88. The van der Waals surface area contributed by atoms with Crippen molar-refractivity contribution in [2.24, 2.45) is 0 Å². The maximum Gasteiger partial charge on any atom is 0.291 e. The number of hydrogen-bond acceptors (Lipinski definition) is 6. The summed E-state index contributed by atoms with van der Waals surface area (Å²) < 4.78 is 36.6. The van der Waals surface area contributed by atoms with Crippen molar-refractivity contribution >= 4 is 26.7 Å². The van der Waals surface area contributed by atoms with Crippen LogP contribution in [0.15, 0.2) is 45.6 Å². The van der Waals surface area contributed by atoms with Crippen LogP contribution in [0.4, 0.5) is 0 Å². The van der Waals surface area contributed by atoms with E-state index in [2.05, 4.69) is 6.92 Å². The number of sulfone groups is 1. The van der Waals surface area contributed by atoms with Crippen molar-refractivity contribution in [2.75, 3.05) is 18.1 Å². The first kappa shape index (κ1) is 23.6. The molecule has 0 bridgehead atoms. The summed E-state index contributed by atoms with van der Waals surface area (Å²) in [6, 6.07) is 9.78. The SMILES string of the molecule is CCCCOc1cccc(C2c3c(oc4c(C)cc(C)cc4c3=O)C(=O)N2C2CCS(=O)(=O)C2)c1. The summed E-state index contributed by atoms with van der Waals surface area (Å²) in [5, 5.41) is 0.426. The fourth-order valence-electron chi connectivity index (χ4n) is 5.25. The van der Waals surface area contributed by atoms with Gasteiger partial charge in [-0.25, -0.2) is 8.42 Å². The van der Waals surface area contributed by atoms with E-state index in [1.165, 1.54) is 0 Å². The molecule has 2 aromatic carbocycles. The highest BCUT2D eigenvalue weighted by Crippen LogP contribution is 2.42. The normalized spacial score (nSPS) is 21.0. The number of hydrogen-bond donors (Lipinski definition) is 0. The minimum absolute atomic E-state index is 0.000977. The molecule has 1 amide bonds. The Morgan fingerprint density at radius 3 is 2.66 bits per heavy atom. The first-order chi connectivity index (χ1) is 16.7. The number of rotatable bonds is 6. The summed E-state index contributed by atoms with van der Waals surface area (Å²) in [7, 11) is -3.26. The molecule has 2 atom stereocenters. The molecular weight excluding hydrogens is 466 g/mol. The lowest BCUT2D eigenvalue weighted by Gasteiger charge is -2.30. The first-order valence-electron chi connectivity index (χ1n) is 12.0. The van der Waals surface area contributed by atoms with Crippen molar-refractivity contribution in [1.82, 2.24) is 4.90 Å². The van der Waals surface area contributed by atoms with Crippen LogP contribution < -0.4 is 10.2 Å². The number of carbonyl (C=O) groups is 1. The maximum absolute atomic E-state index is 13.8. The Morgan fingerprint density at radius 1 is 1.14 bits per heavy atom. The molecule has 2 unspecified atom stereocenters. The lowest BCUT2D eigenvalue weighted by atomic mass is 9.96. The van der Waals surface area contributed by atoms with Crippen LogP contribution in [-0.4, -0.2) is 43.4 Å². The van der Waals surface area contributed by atoms with Crippen molar-refractivity contribution in [3.05, 3.63) is 74.6 Å². The third-order valence-corrected chi connectivity index (χ3v) is 8.63. The monoisotopic (exact) mass is 495 g/mol. The van der Waals surface area contributed by atoms with Crippen LogP contribution in [-0.2, 0) is 9.84 Å². The van der Waals surface area contributed by atoms with Crippen LogP contribution in [0.25, 0.3) is 11.0 Å². The number of aryl methyl sites for hydroxylation is 2. The standard InChI is InChI=1S/C27H29NO6S/c1-4-5-10-33-20-8-6-7-18(14-20)23-22-24(29)21-13-16(2)12-17(3)25(21)34-26(22)27(30)28(23)19-9-11-35(31,32)15-19/h6-8,12-14,19,23H,4-5,9-11,15H2,1-3H3. The van der Waals surface area contributed by atoms with Gasteiger partial charge < -0.3 is 14.1 Å². The average molecular weight is 496 g/mol. The molecule has 7 nitrogen and oxygen atoms in total. The predicted octanol–water partition coefficient (Wildman–Crippen LogP) is 4.32. The van der Waals surface area contributed by atoms with Gasteiger partial charge in [0.25, 0.3) is 5.91 Å². The summed E-state index contributed by atoms with van der Waals surface area (Å²) in [5.74, 6) is 0.103. The maximum atomic E-state index is 13.8. The lowest BCUT2D eigenvalue weighted by molar-refractivity contribution is 0.0662. The number of fused-ring (bicyclic) bond motifs is 2. The van der Waals surface area contributed by atoms with E-state index in [1.807, 2.05) is 44.2 Å². The van der Waals surface area contributed by atoms with E-state index in [4.69, 9.17) is 9.15 Å². The van der Waals surface area contributed by atoms with E-state index in [0.29, 0.717) is 35.3 Å². The van der Waals surface area contributed by atoms with Crippen molar-refractivity contribution < 1.29 is 22.4 Å². The molecule has 1 saturated heterocycles. The van der Waals surface area contributed by atoms with Gasteiger partial charge in [-0.3, -0.25) is 9.59 Å². The second kappa shape index (κ2) is 8.82. The van der Waals surface area contributed by atoms with Crippen LogP contribution in [0.3, 0.4) is 0 Å². The van der Waals surface area contributed by atoms with E-state index in [9.17, 15) is 18.0 Å². The molecule has 5 rings (SSSR count). The van der Waals surface area contributed by atoms with Gasteiger partial charge >= 0.3 is 0 Å². The number of benzene rings is 2. The number of unbranched alkanes of at least 4 members (excludes halogenated alkanes) is 1. The molecule has 35 heavy (non-hydrogen) atoms. The molecule has 1 fully saturated rings. The molecule has 3 aromatic rings. The topological polar surface area (TPSA) is 93.9 Å². The van der Waals surface area contributed by atoms with Crippen LogP contribution in [0.1, 0.15) is 65.0 Å². The minimum atomic E-state index is -3.26. The molecule has 0 aliphatic carbocycles. The van der Waals surface area contributed by atoms with Crippen molar-refractivity contribution in [3.63, 3.8) is 0 Å². The summed E-state index contributed by atoms with van der Waals surface area (Å²) >= 11 is 0.